The van der Waals surface area contributed by atoms with E-state index in [-0.39, 0.29) is 11.3 Å². The van der Waals surface area contributed by atoms with Crippen LogP contribution in [-0.4, -0.2) is 65.8 Å². The van der Waals surface area contributed by atoms with E-state index >= 15 is 0 Å². The van der Waals surface area contributed by atoms with Crippen LogP contribution in [0.1, 0.15) is 15.9 Å². The summed E-state index contributed by atoms with van der Waals surface area (Å²) < 4.78 is 5.59. The summed E-state index contributed by atoms with van der Waals surface area (Å²) in [5.41, 5.74) is 7.36. The number of piperazine rings is 1. The summed E-state index contributed by atoms with van der Waals surface area (Å²) in [5.74, 6) is -0.397. The molecule has 1 fully saturated rings. The average molecular weight is 484 g/mol. The molecule has 1 aliphatic heterocycles. The first kappa shape index (κ1) is 23.9. The van der Waals surface area contributed by atoms with E-state index in [1.54, 1.807) is 17.7 Å². The maximum atomic E-state index is 12.5. The molecule has 0 unspecified atom stereocenters. The van der Waals surface area contributed by atoms with Crippen molar-refractivity contribution in [2.24, 2.45) is 0 Å². The Kier molecular flexibility index (Phi) is 7.18. The molecular weight excluding hydrogens is 454 g/mol. The molecule has 5 rings (SSSR count). The minimum Gasteiger partial charge on any atom is -0.494 e. The third-order valence-corrected chi connectivity index (χ3v) is 6.65. The molecular formula is C28H29N5O3. The van der Waals surface area contributed by atoms with Crippen LogP contribution in [0.3, 0.4) is 0 Å². The largest absolute Gasteiger partial charge is 0.494 e. The summed E-state index contributed by atoms with van der Waals surface area (Å²) in [6.45, 7) is 5.46. The van der Waals surface area contributed by atoms with Crippen LogP contribution in [0.4, 0.5) is 0 Å². The van der Waals surface area contributed by atoms with Crippen molar-refractivity contribution < 1.29 is 14.7 Å². The predicted molar refractivity (Wildman–Crippen MR) is 139 cm³/mol. The fraction of sp³-hybridized carbons (Fsp3) is 0.250. The van der Waals surface area contributed by atoms with Crippen molar-refractivity contribution in [3.63, 3.8) is 0 Å². The summed E-state index contributed by atoms with van der Waals surface area (Å²) in [5, 5.41) is 13.2. The maximum absolute atomic E-state index is 12.5. The van der Waals surface area contributed by atoms with Gasteiger partial charge in [0.2, 0.25) is 0 Å². The Labute approximate surface area is 209 Å². The molecule has 36 heavy (non-hydrogen) atoms. The first-order valence-electron chi connectivity index (χ1n) is 12.1. The van der Waals surface area contributed by atoms with Gasteiger partial charge in [0.15, 0.2) is 5.75 Å². The SMILES string of the molecule is COc1c(-c2ccc(-c3ccc(CCN4CCNCC4)cc3)cc2)nc2ccncc2c1C(=O)NO. The highest BCUT2D eigenvalue weighted by molar-refractivity contribution is 6.09. The lowest BCUT2D eigenvalue weighted by Gasteiger charge is -2.27. The molecule has 0 radical (unpaired) electrons. The van der Waals surface area contributed by atoms with Gasteiger partial charge in [-0.1, -0.05) is 48.5 Å². The van der Waals surface area contributed by atoms with E-state index in [2.05, 4.69) is 39.5 Å². The standard InChI is InChI=1S/C28H29N5O3/c1-36-27-25(28(34)32-35)23-18-30-12-10-24(23)31-26(27)22-8-6-21(7-9-22)20-4-2-19(3-5-20)11-15-33-16-13-29-14-17-33/h2-10,12,18,29,35H,11,13-17H2,1H3,(H,32,34). The van der Waals surface area contributed by atoms with Crippen molar-refractivity contribution in [1.82, 2.24) is 25.7 Å². The molecule has 4 aromatic rings. The molecule has 184 valence electrons. The first-order valence-corrected chi connectivity index (χ1v) is 12.1. The number of ether oxygens (including phenoxy) is 1. The number of nitrogens with zero attached hydrogens (tertiary/aromatic N) is 3. The Morgan fingerprint density at radius 3 is 2.36 bits per heavy atom. The molecule has 2 aromatic heterocycles. The number of pyridine rings is 2. The minimum absolute atomic E-state index is 0.189. The topological polar surface area (TPSA) is 99.6 Å². The number of hydrogen-bond acceptors (Lipinski definition) is 7. The second kappa shape index (κ2) is 10.8. The zero-order chi connectivity index (χ0) is 24.9. The normalized spacial score (nSPS) is 14.1. The molecule has 0 spiro atoms. The fourth-order valence-electron chi connectivity index (χ4n) is 4.67. The van der Waals surface area contributed by atoms with E-state index in [9.17, 15) is 10.0 Å². The highest BCUT2D eigenvalue weighted by Gasteiger charge is 2.22. The van der Waals surface area contributed by atoms with Crippen LogP contribution in [0.25, 0.3) is 33.3 Å². The van der Waals surface area contributed by atoms with Crippen molar-refractivity contribution in [2.75, 3.05) is 39.8 Å². The predicted octanol–water partition coefficient (Wildman–Crippen LogP) is 3.54. The number of hydroxylamine groups is 1. The summed E-state index contributed by atoms with van der Waals surface area (Å²) in [7, 11) is 1.48. The Morgan fingerprint density at radius 1 is 1.03 bits per heavy atom. The smallest absolute Gasteiger partial charge is 0.279 e. The second-order valence-corrected chi connectivity index (χ2v) is 8.82. The quantitative estimate of drug-likeness (QED) is 0.273. The number of carbonyl (C=O) groups is 1. The molecule has 0 saturated carbocycles. The summed E-state index contributed by atoms with van der Waals surface area (Å²) in [6.07, 6.45) is 4.20. The van der Waals surface area contributed by atoms with Crippen molar-refractivity contribution in [2.45, 2.75) is 6.42 Å². The van der Waals surface area contributed by atoms with Crippen LogP contribution in [0.2, 0.25) is 0 Å². The number of rotatable bonds is 7. The number of benzene rings is 2. The van der Waals surface area contributed by atoms with Crippen LogP contribution in [-0.2, 0) is 6.42 Å². The zero-order valence-corrected chi connectivity index (χ0v) is 20.2. The van der Waals surface area contributed by atoms with E-state index in [4.69, 9.17) is 9.72 Å². The van der Waals surface area contributed by atoms with Gasteiger partial charge in [0.05, 0.1) is 18.2 Å². The van der Waals surface area contributed by atoms with Gasteiger partial charge in [-0.15, -0.1) is 0 Å². The lowest BCUT2D eigenvalue weighted by Crippen LogP contribution is -2.44. The summed E-state index contributed by atoms with van der Waals surface area (Å²) in [4.78, 5) is 23.8. The van der Waals surface area contributed by atoms with Crippen molar-refractivity contribution in [1.29, 1.82) is 0 Å². The second-order valence-electron chi connectivity index (χ2n) is 8.82. The monoisotopic (exact) mass is 483 g/mol. The summed E-state index contributed by atoms with van der Waals surface area (Å²) in [6, 6.07) is 18.5. The number of aromatic nitrogens is 2. The lowest BCUT2D eigenvalue weighted by atomic mass is 9.99. The molecule has 1 amide bonds. The molecule has 3 N–H and O–H groups in total. The van der Waals surface area contributed by atoms with Gasteiger partial charge in [-0.25, -0.2) is 10.5 Å². The molecule has 0 bridgehead atoms. The van der Waals surface area contributed by atoms with Gasteiger partial charge >= 0.3 is 0 Å². The van der Waals surface area contributed by atoms with E-state index < -0.39 is 5.91 Å². The van der Waals surface area contributed by atoms with Gasteiger partial charge in [-0.05, 0) is 29.2 Å². The third-order valence-electron chi connectivity index (χ3n) is 6.65. The van der Waals surface area contributed by atoms with Crippen molar-refractivity contribution in [3.8, 4) is 28.1 Å². The molecule has 8 nitrogen and oxygen atoms in total. The fourth-order valence-corrected chi connectivity index (χ4v) is 4.67. The highest BCUT2D eigenvalue weighted by atomic mass is 16.5. The van der Waals surface area contributed by atoms with Crippen LogP contribution < -0.4 is 15.5 Å². The van der Waals surface area contributed by atoms with Gasteiger partial charge in [0.25, 0.3) is 5.91 Å². The molecule has 0 atom stereocenters. The van der Waals surface area contributed by atoms with Crippen molar-refractivity contribution >= 4 is 16.8 Å². The Morgan fingerprint density at radius 2 is 1.69 bits per heavy atom. The molecule has 2 aromatic carbocycles. The Balaban J connectivity index is 1.39. The molecule has 3 heterocycles. The minimum atomic E-state index is -0.679. The highest BCUT2D eigenvalue weighted by Crippen LogP contribution is 2.36. The van der Waals surface area contributed by atoms with Crippen LogP contribution in [0.15, 0.2) is 67.0 Å². The van der Waals surface area contributed by atoms with E-state index in [1.165, 1.54) is 18.9 Å². The van der Waals surface area contributed by atoms with Crippen LogP contribution in [0, 0.1) is 0 Å². The van der Waals surface area contributed by atoms with E-state index in [1.807, 2.05) is 24.3 Å². The first-order chi connectivity index (χ1) is 17.7. The Bertz CT molecular complexity index is 1350. The maximum Gasteiger partial charge on any atom is 0.279 e. The van der Waals surface area contributed by atoms with Crippen LogP contribution >= 0.6 is 0 Å². The van der Waals surface area contributed by atoms with Gasteiger partial charge in [-0.3, -0.25) is 15.0 Å². The average Bonchev–Trinajstić information content (AvgIpc) is 2.95. The van der Waals surface area contributed by atoms with Gasteiger partial charge in [-0.2, -0.15) is 0 Å². The van der Waals surface area contributed by atoms with Crippen molar-refractivity contribution in [3.05, 3.63) is 78.1 Å². The van der Waals surface area contributed by atoms with Crippen LogP contribution in [0.5, 0.6) is 5.75 Å². The number of amides is 1. The number of hydrogen-bond donors (Lipinski definition) is 3. The number of methoxy groups -OCH3 is 1. The molecule has 1 saturated heterocycles. The van der Waals surface area contributed by atoms with Gasteiger partial charge in [0.1, 0.15) is 5.69 Å². The number of fused-ring (bicyclic) bond motifs is 1. The summed E-state index contributed by atoms with van der Waals surface area (Å²) >= 11 is 0. The van der Waals surface area contributed by atoms with E-state index in [0.29, 0.717) is 16.6 Å². The lowest BCUT2D eigenvalue weighted by molar-refractivity contribution is 0.0705. The van der Waals surface area contributed by atoms with Gasteiger partial charge < -0.3 is 15.0 Å². The third kappa shape index (κ3) is 4.92. The Hall–Kier alpha value is -3.85. The number of carbonyl (C=O) groups excluding carboxylic acids is 1. The molecule has 8 heteroatoms. The zero-order valence-electron chi connectivity index (χ0n) is 20.2. The number of nitrogens with one attached hydrogen (secondary N) is 2. The van der Waals surface area contributed by atoms with E-state index in [0.717, 1.165) is 55.8 Å². The van der Waals surface area contributed by atoms with Gasteiger partial charge in [0, 0.05) is 56.1 Å². The molecule has 0 aliphatic carbocycles. The molecule has 1 aliphatic rings.